The number of piperidine rings is 1. The minimum atomic E-state index is -0.677. The van der Waals surface area contributed by atoms with Gasteiger partial charge in [-0.05, 0) is 12.8 Å². The molecule has 3 aliphatic rings. The molecule has 2 amide bonds. The number of hydrogen-bond donors (Lipinski definition) is 4. The molecule has 3 aliphatic heterocycles. The lowest BCUT2D eigenvalue weighted by Crippen LogP contribution is -2.54. The Labute approximate surface area is 87.3 Å². The molecule has 4 N–H and O–H groups in total. The van der Waals surface area contributed by atoms with Crippen LogP contribution in [0.4, 0.5) is 4.79 Å². The zero-order valence-corrected chi connectivity index (χ0v) is 8.26. The molecule has 0 saturated carbocycles. The lowest BCUT2D eigenvalue weighted by molar-refractivity contribution is -0.0241. The number of carbonyl (C=O) groups is 1. The number of urea groups is 1. The van der Waals surface area contributed by atoms with E-state index in [0.717, 1.165) is 19.4 Å². The molecule has 0 spiro atoms. The smallest absolute Gasteiger partial charge is 0.316 e. The fourth-order valence-corrected chi connectivity index (χ4v) is 3.04. The summed E-state index contributed by atoms with van der Waals surface area (Å²) in [6.07, 6.45) is 0.310. The minimum Gasteiger partial charge on any atom is -0.391 e. The minimum absolute atomic E-state index is 0.160. The van der Waals surface area contributed by atoms with Gasteiger partial charge in [-0.2, -0.15) is 0 Å². The number of fused-ring (bicyclic) bond motifs is 3. The van der Waals surface area contributed by atoms with Crippen LogP contribution in [0.15, 0.2) is 0 Å². The van der Waals surface area contributed by atoms with Crippen molar-refractivity contribution in [3.63, 3.8) is 0 Å². The van der Waals surface area contributed by atoms with E-state index in [1.807, 2.05) is 4.90 Å². The summed E-state index contributed by atoms with van der Waals surface area (Å²) in [5.74, 6) is 0. The third-order valence-electron chi connectivity index (χ3n) is 3.69. The van der Waals surface area contributed by atoms with E-state index in [-0.39, 0.29) is 24.3 Å². The van der Waals surface area contributed by atoms with Crippen LogP contribution in [0.5, 0.6) is 0 Å². The molecule has 0 aromatic carbocycles. The van der Waals surface area contributed by atoms with Crippen LogP contribution in [0.2, 0.25) is 0 Å². The number of amides is 2. The van der Waals surface area contributed by atoms with Gasteiger partial charge in [-0.1, -0.05) is 0 Å². The van der Waals surface area contributed by atoms with E-state index in [1.54, 1.807) is 0 Å². The van der Waals surface area contributed by atoms with E-state index in [9.17, 15) is 15.0 Å². The van der Waals surface area contributed by atoms with Gasteiger partial charge in [0.05, 0.1) is 24.3 Å². The topological polar surface area (TPSA) is 84.8 Å². The molecule has 0 aromatic rings. The zero-order valence-electron chi connectivity index (χ0n) is 8.26. The van der Waals surface area contributed by atoms with Crippen LogP contribution >= 0.6 is 0 Å². The van der Waals surface area contributed by atoms with Gasteiger partial charge in [0.2, 0.25) is 0 Å². The Kier molecular flexibility index (Phi) is 1.92. The highest BCUT2D eigenvalue weighted by molar-refractivity contribution is 5.77. The highest BCUT2D eigenvalue weighted by Gasteiger charge is 2.55. The fourth-order valence-electron chi connectivity index (χ4n) is 3.04. The number of nitrogens with one attached hydrogen (secondary N) is 2. The van der Waals surface area contributed by atoms with E-state index in [0.29, 0.717) is 0 Å². The summed E-state index contributed by atoms with van der Waals surface area (Å²) in [4.78, 5) is 13.1. The van der Waals surface area contributed by atoms with Crippen molar-refractivity contribution < 1.29 is 15.0 Å². The first-order chi connectivity index (χ1) is 7.18. The first kappa shape index (κ1) is 9.38. The Balaban J connectivity index is 1.88. The number of carbonyl (C=O) groups excluding carboxylic acids is 1. The molecule has 84 valence electrons. The third kappa shape index (κ3) is 1.18. The number of aliphatic hydroxyl groups excluding tert-OH is 2. The molecule has 6 heteroatoms. The molecule has 3 heterocycles. The predicted molar refractivity (Wildman–Crippen MR) is 51.0 cm³/mol. The van der Waals surface area contributed by atoms with E-state index >= 15 is 0 Å². The maximum atomic E-state index is 11.1. The second-order valence-corrected chi connectivity index (χ2v) is 4.52. The lowest BCUT2D eigenvalue weighted by atomic mass is 9.96. The van der Waals surface area contributed by atoms with Gasteiger partial charge in [-0.25, -0.2) is 4.79 Å². The summed E-state index contributed by atoms with van der Waals surface area (Å²) in [5.41, 5.74) is 0. The quantitative estimate of drug-likeness (QED) is 0.382. The standard InChI is InChI=1S/C9H15N3O3/c13-4-2-1-3-12-6(4)7(14)5-8(12)11-9(15)10-5/h4-8,13-14H,1-3H2,(H2,10,11,15)/t4-,5?,6-,7-,8?/m1/s1. The maximum absolute atomic E-state index is 11.1. The number of rotatable bonds is 0. The van der Waals surface area contributed by atoms with Gasteiger partial charge in [0, 0.05) is 6.54 Å². The average Bonchev–Trinajstić information content (AvgIpc) is 2.68. The first-order valence-electron chi connectivity index (χ1n) is 5.37. The van der Waals surface area contributed by atoms with Crippen LogP contribution < -0.4 is 10.6 Å². The molecular weight excluding hydrogens is 198 g/mol. The molecule has 6 nitrogen and oxygen atoms in total. The summed E-state index contributed by atoms with van der Waals surface area (Å²) in [7, 11) is 0. The Morgan fingerprint density at radius 1 is 1.33 bits per heavy atom. The predicted octanol–water partition coefficient (Wildman–Crippen LogP) is -1.81. The summed E-state index contributed by atoms with van der Waals surface area (Å²) < 4.78 is 0. The molecule has 0 aromatic heterocycles. The Hall–Kier alpha value is -0.850. The highest BCUT2D eigenvalue weighted by atomic mass is 16.3. The molecular formula is C9H15N3O3. The maximum Gasteiger partial charge on any atom is 0.316 e. The van der Waals surface area contributed by atoms with Crippen molar-refractivity contribution >= 4 is 6.03 Å². The van der Waals surface area contributed by atoms with Crippen molar-refractivity contribution in [1.82, 2.24) is 15.5 Å². The number of aliphatic hydroxyl groups is 2. The van der Waals surface area contributed by atoms with Gasteiger partial charge in [-0.3, -0.25) is 4.90 Å². The molecule has 3 fully saturated rings. The van der Waals surface area contributed by atoms with Crippen LogP contribution in [0, 0.1) is 0 Å². The molecule has 0 bridgehead atoms. The van der Waals surface area contributed by atoms with Crippen molar-refractivity contribution in [2.24, 2.45) is 0 Å². The normalized spacial score (nSPS) is 49.5. The van der Waals surface area contributed by atoms with Crippen molar-refractivity contribution in [2.75, 3.05) is 6.54 Å². The lowest BCUT2D eigenvalue weighted by Gasteiger charge is -2.36. The van der Waals surface area contributed by atoms with Gasteiger partial charge in [-0.15, -0.1) is 0 Å². The van der Waals surface area contributed by atoms with Gasteiger partial charge < -0.3 is 20.8 Å². The second-order valence-electron chi connectivity index (χ2n) is 4.52. The Morgan fingerprint density at radius 2 is 2.13 bits per heavy atom. The Morgan fingerprint density at radius 3 is 2.93 bits per heavy atom. The van der Waals surface area contributed by atoms with Crippen LogP contribution in [0.1, 0.15) is 12.8 Å². The van der Waals surface area contributed by atoms with E-state index in [2.05, 4.69) is 10.6 Å². The van der Waals surface area contributed by atoms with Crippen LogP contribution in [-0.2, 0) is 0 Å². The summed E-state index contributed by atoms with van der Waals surface area (Å²) >= 11 is 0. The number of hydrogen-bond acceptors (Lipinski definition) is 4. The van der Waals surface area contributed by atoms with Crippen molar-refractivity contribution in [3.05, 3.63) is 0 Å². The molecule has 2 unspecified atom stereocenters. The molecule has 15 heavy (non-hydrogen) atoms. The second kappa shape index (κ2) is 3.07. The van der Waals surface area contributed by atoms with Gasteiger partial charge in [0.25, 0.3) is 0 Å². The van der Waals surface area contributed by atoms with Gasteiger partial charge in [0.1, 0.15) is 6.17 Å². The largest absolute Gasteiger partial charge is 0.391 e. The molecule has 0 radical (unpaired) electrons. The van der Waals surface area contributed by atoms with Crippen LogP contribution in [0.3, 0.4) is 0 Å². The van der Waals surface area contributed by atoms with E-state index < -0.39 is 12.2 Å². The van der Waals surface area contributed by atoms with E-state index in [4.69, 9.17) is 0 Å². The Bertz CT molecular complexity index is 298. The summed E-state index contributed by atoms with van der Waals surface area (Å²) in [5, 5.41) is 25.3. The molecule has 5 atom stereocenters. The summed E-state index contributed by atoms with van der Waals surface area (Å²) in [6, 6.07) is -0.750. The monoisotopic (exact) mass is 213 g/mol. The third-order valence-corrected chi connectivity index (χ3v) is 3.69. The van der Waals surface area contributed by atoms with Crippen molar-refractivity contribution in [1.29, 1.82) is 0 Å². The zero-order chi connectivity index (χ0) is 10.6. The van der Waals surface area contributed by atoms with Crippen molar-refractivity contribution in [3.8, 4) is 0 Å². The SMILES string of the molecule is O=C1NC2C(N1)N1CCC[C@@H](O)[C@@H]1[C@@H]2O. The van der Waals surface area contributed by atoms with Gasteiger partial charge in [0.15, 0.2) is 0 Å². The first-order valence-corrected chi connectivity index (χ1v) is 5.37. The fraction of sp³-hybridized carbons (Fsp3) is 0.889. The van der Waals surface area contributed by atoms with Crippen LogP contribution in [-0.4, -0.2) is 58.1 Å². The number of nitrogens with zero attached hydrogens (tertiary/aromatic N) is 1. The van der Waals surface area contributed by atoms with Crippen molar-refractivity contribution in [2.45, 2.75) is 43.3 Å². The van der Waals surface area contributed by atoms with Crippen LogP contribution in [0.25, 0.3) is 0 Å². The van der Waals surface area contributed by atoms with E-state index in [1.165, 1.54) is 0 Å². The van der Waals surface area contributed by atoms with Gasteiger partial charge >= 0.3 is 6.03 Å². The average molecular weight is 213 g/mol. The highest BCUT2D eigenvalue weighted by Crippen LogP contribution is 2.33. The summed E-state index contributed by atoms with van der Waals surface area (Å²) in [6.45, 7) is 0.821. The molecule has 3 rings (SSSR count). The molecule has 0 aliphatic carbocycles. The molecule has 3 saturated heterocycles.